The van der Waals surface area contributed by atoms with Crippen molar-refractivity contribution in [2.24, 2.45) is 0 Å². The fourth-order valence-electron chi connectivity index (χ4n) is 1.97. The summed E-state index contributed by atoms with van der Waals surface area (Å²) in [5.74, 6) is -2.84. The van der Waals surface area contributed by atoms with E-state index in [0.29, 0.717) is 12.0 Å². The van der Waals surface area contributed by atoms with Crippen LogP contribution in [0.25, 0.3) is 0 Å². The Kier molecular flexibility index (Phi) is 7.01. The summed E-state index contributed by atoms with van der Waals surface area (Å²) in [5.41, 5.74) is 0.322. The molecule has 0 aliphatic heterocycles. The molecule has 0 spiro atoms. The zero-order valence-electron chi connectivity index (χ0n) is 12.6. The lowest BCUT2D eigenvalue weighted by Crippen LogP contribution is -2.47. The molecule has 0 unspecified atom stereocenters. The summed E-state index contributed by atoms with van der Waals surface area (Å²) in [5, 5.41) is 33.6. The number of carboxylic acids is 1. The Morgan fingerprint density at radius 2 is 1.74 bits per heavy atom. The van der Waals surface area contributed by atoms with E-state index >= 15 is 0 Å². The van der Waals surface area contributed by atoms with E-state index < -0.39 is 36.5 Å². The molecule has 0 bridgehead atoms. The highest BCUT2D eigenvalue weighted by atomic mass is 16.4. The van der Waals surface area contributed by atoms with Crippen LogP contribution in [0.2, 0.25) is 0 Å². The zero-order chi connectivity index (χ0) is 17.4. The van der Waals surface area contributed by atoms with Crippen molar-refractivity contribution in [1.29, 1.82) is 0 Å². The number of phenols is 1. The van der Waals surface area contributed by atoms with Crippen LogP contribution in [0.5, 0.6) is 5.75 Å². The van der Waals surface area contributed by atoms with Crippen molar-refractivity contribution in [1.82, 2.24) is 10.6 Å². The summed E-state index contributed by atoms with van der Waals surface area (Å²) < 4.78 is 0. The first-order valence-electron chi connectivity index (χ1n) is 7.08. The van der Waals surface area contributed by atoms with Gasteiger partial charge in [0.1, 0.15) is 17.8 Å². The maximum absolute atomic E-state index is 12.3. The Morgan fingerprint density at radius 3 is 2.22 bits per heavy atom. The number of benzene rings is 1. The number of carbonyl (C=O) groups is 3. The predicted octanol–water partition coefficient (Wildman–Crippen LogP) is 0.349. The Morgan fingerprint density at radius 1 is 1.13 bits per heavy atom. The molecule has 2 amide bonds. The second-order valence-electron chi connectivity index (χ2n) is 4.92. The molecule has 0 saturated carbocycles. The van der Waals surface area contributed by atoms with Crippen LogP contribution < -0.4 is 10.6 Å². The van der Waals surface area contributed by atoms with Gasteiger partial charge in [-0.2, -0.15) is 0 Å². The van der Waals surface area contributed by atoms with Crippen molar-refractivity contribution in [3.8, 4) is 5.75 Å². The normalized spacial score (nSPS) is 13.0. The van der Waals surface area contributed by atoms with Gasteiger partial charge in [0.25, 0.3) is 0 Å². The fourth-order valence-corrected chi connectivity index (χ4v) is 1.97. The molecule has 1 aromatic carbocycles. The van der Waals surface area contributed by atoms with Gasteiger partial charge in [0.05, 0.1) is 0 Å². The third-order valence-electron chi connectivity index (χ3n) is 3.12. The molecule has 2 atom stereocenters. The van der Waals surface area contributed by atoms with Crippen molar-refractivity contribution in [3.63, 3.8) is 0 Å². The fraction of sp³-hybridized carbons (Fsp3) is 0.400. The number of aromatic hydroxyl groups is 1. The molecule has 0 heterocycles. The highest BCUT2D eigenvalue weighted by Crippen LogP contribution is 2.17. The Bertz CT molecular complexity index is 558. The Balaban J connectivity index is 2.98. The van der Waals surface area contributed by atoms with Crippen molar-refractivity contribution < 1.29 is 29.7 Å². The summed E-state index contributed by atoms with van der Waals surface area (Å²) >= 11 is 0. The van der Waals surface area contributed by atoms with E-state index in [1.54, 1.807) is 6.92 Å². The van der Waals surface area contributed by atoms with E-state index in [1.807, 2.05) is 0 Å². The van der Waals surface area contributed by atoms with Crippen LogP contribution in [-0.4, -0.2) is 40.6 Å². The monoisotopic (exact) mass is 323 g/mol. The molecule has 8 heteroatoms. The minimum absolute atomic E-state index is 0.0301. The highest BCUT2D eigenvalue weighted by molar-refractivity contribution is 5.91. The van der Waals surface area contributed by atoms with Crippen molar-refractivity contribution in [2.45, 2.75) is 31.8 Å². The second-order valence-corrected chi connectivity index (χ2v) is 4.92. The van der Waals surface area contributed by atoms with E-state index in [-0.39, 0.29) is 12.2 Å². The lowest BCUT2D eigenvalue weighted by Gasteiger charge is -2.21. The number of amides is 2. The standard InChI is InChI=1S/C15H19N2O6/c1-2-3-11(15(22)23)16-14(21)13(17-12(20)8-18)9-4-6-10(19)7-5-9/h4-7,11,13,19H,2-3,8H2,1H3,(H,16,21)(H,17,20)(H,22,23)/t11-,13+/m0/s1. The molecular formula is C15H19N2O6. The van der Waals surface area contributed by atoms with Gasteiger partial charge in [-0.1, -0.05) is 25.5 Å². The summed E-state index contributed by atoms with van der Waals surface area (Å²) in [4.78, 5) is 34.8. The molecule has 0 aromatic heterocycles. The zero-order valence-corrected chi connectivity index (χ0v) is 12.6. The average Bonchev–Trinajstić information content (AvgIpc) is 2.52. The quantitative estimate of drug-likeness (QED) is 0.547. The topological polar surface area (TPSA) is 136 Å². The third kappa shape index (κ3) is 5.59. The first-order chi connectivity index (χ1) is 10.9. The van der Waals surface area contributed by atoms with Crippen LogP contribution in [0.15, 0.2) is 24.3 Å². The van der Waals surface area contributed by atoms with Crippen LogP contribution in [0.1, 0.15) is 31.4 Å². The number of carbonyl (C=O) groups excluding carboxylic acids is 2. The largest absolute Gasteiger partial charge is 0.508 e. The van der Waals surface area contributed by atoms with Crippen molar-refractivity contribution in [2.75, 3.05) is 6.61 Å². The Hall–Kier alpha value is -2.61. The third-order valence-corrected chi connectivity index (χ3v) is 3.12. The van der Waals surface area contributed by atoms with Gasteiger partial charge in [-0.25, -0.2) is 9.90 Å². The minimum Gasteiger partial charge on any atom is -0.508 e. The van der Waals surface area contributed by atoms with Gasteiger partial charge in [-0.3, -0.25) is 9.59 Å². The molecule has 0 aliphatic carbocycles. The molecule has 125 valence electrons. The molecule has 0 aliphatic rings. The van der Waals surface area contributed by atoms with E-state index in [1.165, 1.54) is 24.3 Å². The molecule has 1 aromatic rings. The van der Waals surface area contributed by atoms with Crippen LogP contribution in [0, 0.1) is 0 Å². The molecule has 1 rings (SSSR count). The lowest BCUT2D eigenvalue weighted by atomic mass is 10.0. The second kappa shape index (κ2) is 8.74. The smallest absolute Gasteiger partial charge is 0.326 e. The summed E-state index contributed by atoms with van der Waals surface area (Å²) in [6.45, 7) is 0.720. The van der Waals surface area contributed by atoms with E-state index in [0.717, 1.165) is 0 Å². The van der Waals surface area contributed by atoms with E-state index in [4.69, 9.17) is 5.11 Å². The Labute approximate surface area is 133 Å². The molecular weight excluding hydrogens is 304 g/mol. The first kappa shape index (κ1) is 18.4. The summed E-state index contributed by atoms with van der Waals surface area (Å²) in [6, 6.07) is 3.15. The van der Waals surface area contributed by atoms with Gasteiger partial charge < -0.3 is 20.8 Å². The molecule has 4 N–H and O–H groups in total. The van der Waals surface area contributed by atoms with E-state index in [2.05, 4.69) is 10.6 Å². The number of phenolic OH excluding ortho intramolecular Hbond substituents is 1. The maximum atomic E-state index is 12.3. The van der Waals surface area contributed by atoms with Crippen molar-refractivity contribution >= 4 is 17.8 Å². The number of carboxylic acid groups (broad SMARTS) is 1. The molecule has 8 nitrogen and oxygen atoms in total. The highest BCUT2D eigenvalue weighted by Gasteiger charge is 2.27. The van der Waals surface area contributed by atoms with Gasteiger partial charge in [-0.05, 0) is 24.1 Å². The van der Waals surface area contributed by atoms with Gasteiger partial charge in [0, 0.05) is 0 Å². The van der Waals surface area contributed by atoms with Crippen LogP contribution in [0.3, 0.4) is 0 Å². The van der Waals surface area contributed by atoms with Gasteiger partial charge in [0.2, 0.25) is 11.8 Å². The molecule has 0 fully saturated rings. The maximum Gasteiger partial charge on any atom is 0.326 e. The van der Waals surface area contributed by atoms with Gasteiger partial charge in [-0.15, -0.1) is 0 Å². The van der Waals surface area contributed by atoms with Gasteiger partial charge >= 0.3 is 5.97 Å². The first-order valence-corrected chi connectivity index (χ1v) is 7.08. The number of nitrogens with one attached hydrogen (secondary N) is 2. The SMILES string of the molecule is CCC[C@H](NC(=O)[C@H](NC(=O)C[O])c1ccc(O)cc1)C(=O)O. The van der Waals surface area contributed by atoms with Crippen LogP contribution in [-0.2, 0) is 19.5 Å². The number of hydrogen-bond donors (Lipinski definition) is 4. The molecule has 1 radical (unpaired) electrons. The average molecular weight is 323 g/mol. The van der Waals surface area contributed by atoms with Crippen LogP contribution in [0.4, 0.5) is 0 Å². The molecule has 0 saturated heterocycles. The summed E-state index contributed by atoms with van der Waals surface area (Å²) in [7, 11) is 0. The molecule has 23 heavy (non-hydrogen) atoms. The number of aliphatic carboxylic acids is 1. The minimum atomic E-state index is -1.21. The summed E-state index contributed by atoms with van der Waals surface area (Å²) in [6.07, 6.45) is 0.785. The van der Waals surface area contributed by atoms with Gasteiger partial charge in [0.15, 0.2) is 6.61 Å². The van der Waals surface area contributed by atoms with Crippen molar-refractivity contribution in [3.05, 3.63) is 29.8 Å². The predicted molar refractivity (Wildman–Crippen MR) is 79.0 cm³/mol. The number of hydrogen-bond acceptors (Lipinski definition) is 4. The number of rotatable bonds is 8. The lowest BCUT2D eigenvalue weighted by molar-refractivity contribution is -0.142. The van der Waals surface area contributed by atoms with E-state index in [9.17, 15) is 24.6 Å². The van der Waals surface area contributed by atoms with Crippen LogP contribution >= 0.6 is 0 Å².